The van der Waals surface area contributed by atoms with Crippen molar-refractivity contribution in [3.05, 3.63) is 42.1 Å². The van der Waals surface area contributed by atoms with Gasteiger partial charge in [-0.25, -0.2) is 0 Å². The third-order valence-electron chi connectivity index (χ3n) is 1.98. The molecule has 12 heavy (non-hydrogen) atoms. The zero-order chi connectivity index (χ0) is 8.39. The van der Waals surface area contributed by atoms with Gasteiger partial charge in [-0.05, 0) is 25.1 Å². The molecule has 0 amide bonds. The fraction of sp³-hybridized carbons (Fsp3) is 0.200. The number of nitrogens with zero attached hydrogens (tertiary/aromatic N) is 1. The van der Waals surface area contributed by atoms with E-state index < -0.39 is 0 Å². The van der Waals surface area contributed by atoms with Crippen LogP contribution in [0.5, 0.6) is 0 Å². The third kappa shape index (κ3) is 1.28. The first-order chi connectivity index (χ1) is 5.86. The zero-order valence-corrected chi connectivity index (χ0v) is 7.12. The molecule has 0 atom stereocenters. The van der Waals surface area contributed by atoms with Crippen LogP contribution in [0.4, 0.5) is 5.69 Å². The molecule has 0 fully saturated rings. The van der Waals surface area contributed by atoms with E-state index in [4.69, 9.17) is 0 Å². The van der Waals surface area contributed by atoms with Crippen LogP contribution in [-0.4, -0.2) is 6.54 Å². The predicted molar refractivity (Wildman–Crippen MR) is 50.8 cm³/mol. The highest BCUT2D eigenvalue weighted by Crippen LogP contribution is 2.14. The van der Waals surface area contributed by atoms with Gasteiger partial charge in [0.15, 0.2) is 0 Å². The lowest BCUT2D eigenvalue weighted by molar-refractivity contribution is 0.840. The van der Waals surface area contributed by atoms with Crippen LogP contribution in [0.15, 0.2) is 36.5 Å². The van der Waals surface area contributed by atoms with E-state index in [0.29, 0.717) is 0 Å². The van der Waals surface area contributed by atoms with Gasteiger partial charge in [-0.2, -0.15) is 0 Å². The van der Waals surface area contributed by atoms with Gasteiger partial charge >= 0.3 is 0 Å². The Morgan fingerprint density at radius 2 is 2.00 bits per heavy atom. The van der Waals surface area contributed by atoms with Crippen molar-refractivity contribution in [2.24, 2.45) is 0 Å². The highest BCUT2D eigenvalue weighted by molar-refractivity contribution is 5.48. The summed E-state index contributed by atoms with van der Waals surface area (Å²) in [5.74, 6) is 0. The van der Waals surface area contributed by atoms with Crippen LogP contribution in [0, 0.1) is 6.92 Å². The van der Waals surface area contributed by atoms with E-state index in [-0.39, 0.29) is 0 Å². The molecule has 1 aromatic carbocycles. The van der Waals surface area contributed by atoms with Crippen molar-refractivity contribution in [3.8, 4) is 0 Å². The maximum Gasteiger partial charge on any atom is 0.0592 e. The van der Waals surface area contributed by atoms with E-state index in [9.17, 15) is 0 Å². The van der Waals surface area contributed by atoms with Crippen LogP contribution in [0.25, 0.3) is 0 Å². The molecule has 0 aliphatic carbocycles. The summed E-state index contributed by atoms with van der Waals surface area (Å²) in [4.78, 5) is 0. The summed E-state index contributed by atoms with van der Waals surface area (Å²) in [6.07, 6.45) is 4.06. The fourth-order valence-electron chi connectivity index (χ4n) is 1.26. The Balaban J connectivity index is 2.18. The van der Waals surface area contributed by atoms with Crippen LogP contribution in [0.2, 0.25) is 0 Å². The zero-order valence-electron chi connectivity index (χ0n) is 7.12. The minimum absolute atomic E-state index is 0.947. The minimum Gasteiger partial charge on any atom is -0.306 e. The van der Waals surface area contributed by atoms with Gasteiger partial charge in [0.05, 0.1) is 12.2 Å². The molecule has 1 aliphatic rings. The van der Waals surface area contributed by atoms with Crippen LogP contribution in [0.3, 0.4) is 0 Å². The highest BCUT2D eigenvalue weighted by Gasteiger charge is 2.04. The smallest absolute Gasteiger partial charge is 0.0592 e. The van der Waals surface area contributed by atoms with Gasteiger partial charge in [0.25, 0.3) is 0 Å². The molecule has 2 rings (SSSR count). The summed E-state index contributed by atoms with van der Waals surface area (Å²) >= 11 is 0. The average molecular weight is 160 g/mol. The Kier molecular flexibility index (Phi) is 1.74. The number of hydrogen-bond donors (Lipinski definition) is 1. The molecule has 0 radical (unpaired) electrons. The first-order valence-electron chi connectivity index (χ1n) is 4.12. The van der Waals surface area contributed by atoms with Crippen molar-refractivity contribution in [2.75, 3.05) is 11.6 Å². The Hall–Kier alpha value is -1.44. The lowest BCUT2D eigenvalue weighted by atomic mass is 10.2. The second kappa shape index (κ2) is 2.89. The maximum atomic E-state index is 3.15. The SMILES string of the molecule is Cc1ccc(N2CC=CN2)cc1. The topological polar surface area (TPSA) is 15.3 Å². The number of anilines is 1. The fourth-order valence-corrected chi connectivity index (χ4v) is 1.26. The van der Waals surface area contributed by atoms with Crippen LogP contribution >= 0.6 is 0 Å². The Bertz CT molecular complexity index is 279. The summed E-state index contributed by atoms with van der Waals surface area (Å²) in [6.45, 7) is 3.04. The summed E-state index contributed by atoms with van der Waals surface area (Å²) in [7, 11) is 0. The van der Waals surface area contributed by atoms with Crippen molar-refractivity contribution in [3.63, 3.8) is 0 Å². The van der Waals surface area contributed by atoms with Crippen LogP contribution in [0.1, 0.15) is 5.56 Å². The molecule has 2 nitrogen and oxygen atoms in total. The first kappa shape index (κ1) is 7.22. The van der Waals surface area contributed by atoms with Crippen LogP contribution < -0.4 is 10.4 Å². The molecule has 1 aromatic rings. The molecule has 0 unspecified atom stereocenters. The largest absolute Gasteiger partial charge is 0.306 e. The second-order valence-electron chi connectivity index (χ2n) is 2.98. The van der Waals surface area contributed by atoms with E-state index in [2.05, 4.69) is 47.7 Å². The number of hydrazine groups is 1. The maximum absolute atomic E-state index is 3.15. The Morgan fingerprint density at radius 1 is 1.25 bits per heavy atom. The van der Waals surface area contributed by atoms with Gasteiger partial charge in [0.1, 0.15) is 0 Å². The minimum atomic E-state index is 0.947. The van der Waals surface area contributed by atoms with E-state index in [1.165, 1.54) is 11.3 Å². The summed E-state index contributed by atoms with van der Waals surface area (Å²) in [5, 5.41) is 2.10. The number of benzene rings is 1. The Labute approximate surface area is 72.5 Å². The number of nitrogens with one attached hydrogen (secondary N) is 1. The molecule has 0 aromatic heterocycles. The van der Waals surface area contributed by atoms with Gasteiger partial charge in [0.2, 0.25) is 0 Å². The number of rotatable bonds is 1. The summed E-state index contributed by atoms with van der Waals surface area (Å²) in [5.41, 5.74) is 5.66. The molecule has 1 N–H and O–H groups in total. The molecular formula is C10H12N2. The standard InChI is InChI=1S/C10H12N2/c1-9-3-5-10(6-4-9)12-8-2-7-11-12/h2-7,11H,8H2,1H3. The van der Waals surface area contributed by atoms with Crippen molar-refractivity contribution >= 4 is 5.69 Å². The van der Waals surface area contributed by atoms with E-state index in [1.807, 2.05) is 6.20 Å². The van der Waals surface area contributed by atoms with Crippen molar-refractivity contribution in [1.29, 1.82) is 0 Å². The molecule has 1 heterocycles. The quantitative estimate of drug-likeness (QED) is 0.674. The van der Waals surface area contributed by atoms with E-state index >= 15 is 0 Å². The van der Waals surface area contributed by atoms with Crippen molar-refractivity contribution in [1.82, 2.24) is 5.43 Å². The lowest BCUT2D eigenvalue weighted by Gasteiger charge is -2.18. The third-order valence-corrected chi connectivity index (χ3v) is 1.98. The van der Waals surface area contributed by atoms with Crippen molar-refractivity contribution in [2.45, 2.75) is 6.92 Å². The normalized spacial score (nSPS) is 14.9. The average Bonchev–Trinajstić information content (AvgIpc) is 2.58. The van der Waals surface area contributed by atoms with E-state index in [0.717, 1.165) is 6.54 Å². The van der Waals surface area contributed by atoms with Gasteiger partial charge in [-0.15, -0.1) is 0 Å². The number of hydrogen-bond acceptors (Lipinski definition) is 2. The molecular weight excluding hydrogens is 148 g/mol. The highest BCUT2D eigenvalue weighted by atomic mass is 15.5. The predicted octanol–water partition coefficient (Wildman–Crippen LogP) is 1.83. The summed E-state index contributed by atoms with van der Waals surface area (Å²) in [6, 6.07) is 8.48. The molecule has 0 saturated carbocycles. The van der Waals surface area contributed by atoms with E-state index in [1.54, 1.807) is 0 Å². The number of aryl methyl sites for hydroxylation is 1. The van der Waals surface area contributed by atoms with Crippen molar-refractivity contribution < 1.29 is 0 Å². The Morgan fingerprint density at radius 3 is 2.58 bits per heavy atom. The lowest BCUT2D eigenvalue weighted by Crippen LogP contribution is -2.29. The monoisotopic (exact) mass is 160 g/mol. The molecule has 0 spiro atoms. The van der Waals surface area contributed by atoms with Crippen LogP contribution in [-0.2, 0) is 0 Å². The van der Waals surface area contributed by atoms with Gasteiger partial charge < -0.3 is 5.43 Å². The summed E-state index contributed by atoms with van der Waals surface area (Å²) < 4.78 is 0. The van der Waals surface area contributed by atoms with Gasteiger partial charge in [-0.1, -0.05) is 17.7 Å². The van der Waals surface area contributed by atoms with Gasteiger partial charge in [-0.3, -0.25) is 5.01 Å². The molecule has 0 bridgehead atoms. The first-order valence-corrected chi connectivity index (χ1v) is 4.12. The molecule has 0 saturated heterocycles. The molecule has 1 aliphatic heterocycles. The second-order valence-corrected chi connectivity index (χ2v) is 2.98. The van der Waals surface area contributed by atoms with Gasteiger partial charge in [0, 0.05) is 6.20 Å². The molecule has 62 valence electrons. The molecule has 2 heteroatoms.